The van der Waals surface area contributed by atoms with Gasteiger partial charge < -0.3 is 10.6 Å². The highest BCUT2D eigenvalue weighted by Crippen LogP contribution is 2.22. The van der Waals surface area contributed by atoms with Crippen molar-refractivity contribution >= 4 is 21.8 Å². The van der Waals surface area contributed by atoms with Gasteiger partial charge >= 0.3 is 0 Å². The van der Waals surface area contributed by atoms with Crippen LogP contribution in [0, 0.1) is 5.92 Å². The number of rotatable bonds is 5. The van der Waals surface area contributed by atoms with Gasteiger partial charge in [0.15, 0.2) is 0 Å². The number of sulfonamides is 1. The highest BCUT2D eigenvalue weighted by atomic mass is 32.2. The molecule has 130 valence electrons. The molecule has 1 atom stereocenters. The summed E-state index contributed by atoms with van der Waals surface area (Å²) >= 11 is 0. The van der Waals surface area contributed by atoms with Gasteiger partial charge in [-0.15, -0.1) is 0 Å². The lowest BCUT2D eigenvalue weighted by Gasteiger charge is -2.15. The summed E-state index contributed by atoms with van der Waals surface area (Å²) in [5, 5.41) is 0. The predicted molar refractivity (Wildman–Crippen MR) is 91.1 cm³/mol. The van der Waals surface area contributed by atoms with E-state index in [0.717, 1.165) is 19.5 Å². The molecule has 0 bridgehead atoms. The van der Waals surface area contributed by atoms with E-state index in [1.807, 2.05) is 4.90 Å². The first-order chi connectivity index (χ1) is 11.5. The molecule has 0 spiro atoms. The van der Waals surface area contributed by atoms with Crippen LogP contribution in [-0.4, -0.2) is 51.2 Å². The Balaban J connectivity index is 1.54. The van der Waals surface area contributed by atoms with Crippen LogP contribution in [0.15, 0.2) is 34.2 Å². The van der Waals surface area contributed by atoms with Crippen LogP contribution in [0.25, 0.3) is 0 Å². The largest absolute Gasteiger partial charge is 0.342 e. The van der Waals surface area contributed by atoms with Gasteiger partial charge in [0.05, 0.1) is 4.90 Å². The molecule has 24 heavy (non-hydrogen) atoms. The van der Waals surface area contributed by atoms with Gasteiger partial charge in [-0.2, -0.15) is 0 Å². The van der Waals surface area contributed by atoms with Gasteiger partial charge in [-0.25, -0.2) is 8.42 Å². The predicted octanol–water partition coefficient (Wildman–Crippen LogP) is 0.313. The lowest BCUT2D eigenvalue weighted by molar-refractivity contribution is -0.130. The van der Waals surface area contributed by atoms with Crippen molar-refractivity contribution in [3.63, 3.8) is 0 Å². The van der Waals surface area contributed by atoms with Crippen LogP contribution in [0.4, 0.5) is 0 Å². The molecule has 1 fully saturated rings. The maximum Gasteiger partial charge on any atom is 0.263 e. The Morgan fingerprint density at radius 2 is 2.17 bits per heavy atom. The number of nitrogens with two attached hydrogens (primary N) is 1. The third-order valence-electron chi connectivity index (χ3n) is 4.45. The molecule has 8 heteroatoms. The zero-order valence-electron chi connectivity index (χ0n) is 13.4. The highest BCUT2D eigenvalue weighted by Gasteiger charge is 2.30. The average molecular weight is 350 g/mol. The number of nitrogens with one attached hydrogen (secondary N) is 1. The Morgan fingerprint density at radius 3 is 2.92 bits per heavy atom. The number of hydrogen-bond acceptors (Lipinski definition) is 5. The minimum Gasteiger partial charge on any atom is -0.342 e. The Morgan fingerprint density at radius 1 is 1.38 bits per heavy atom. The third-order valence-corrected chi connectivity index (χ3v) is 5.85. The lowest BCUT2D eigenvalue weighted by Crippen LogP contribution is -2.29. The van der Waals surface area contributed by atoms with Gasteiger partial charge in [0.2, 0.25) is 5.91 Å². The average Bonchev–Trinajstić information content (AvgIpc) is 3.15. The number of nitrogens with zero attached hydrogens (tertiary/aromatic N) is 2. The molecular weight excluding hydrogens is 328 g/mol. The molecule has 3 rings (SSSR count). The van der Waals surface area contributed by atoms with Gasteiger partial charge in [-0.05, 0) is 37.4 Å². The number of carbonyl (C=O) groups is 1. The summed E-state index contributed by atoms with van der Waals surface area (Å²) in [6, 6.07) is 6.75. The van der Waals surface area contributed by atoms with E-state index >= 15 is 0 Å². The molecule has 0 aliphatic carbocycles. The summed E-state index contributed by atoms with van der Waals surface area (Å²) in [5.74, 6) is 0.902. The molecule has 1 saturated heterocycles. The number of benzene rings is 1. The van der Waals surface area contributed by atoms with E-state index in [1.165, 1.54) is 0 Å². The van der Waals surface area contributed by atoms with E-state index in [0.29, 0.717) is 43.2 Å². The minimum absolute atomic E-state index is 0.124. The Labute approximate surface area is 142 Å². The van der Waals surface area contributed by atoms with Crippen LogP contribution >= 0.6 is 0 Å². The van der Waals surface area contributed by atoms with Crippen LogP contribution in [0.3, 0.4) is 0 Å². The first kappa shape index (κ1) is 16.9. The summed E-state index contributed by atoms with van der Waals surface area (Å²) in [4.78, 5) is 18.6. The van der Waals surface area contributed by atoms with E-state index in [9.17, 15) is 13.2 Å². The minimum atomic E-state index is -3.50. The molecule has 7 nitrogen and oxygen atoms in total. The fourth-order valence-corrected chi connectivity index (χ4v) is 4.33. The summed E-state index contributed by atoms with van der Waals surface area (Å²) in [5.41, 5.74) is 6.23. The lowest BCUT2D eigenvalue weighted by atomic mass is 10.1. The molecule has 2 aliphatic rings. The van der Waals surface area contributed by atoms with Crippen molar-refractivity contribution in [3.8, 4) is 0 Å². The third kappa shape index (κ3) is 3.44. The maximum atomic E-state index is 12.1. The molecule has 0 aromatic heterocycles. The zero-order valence-corrected chi connectivity index (χ0v) is 14.3. The number of amides is 1. The van der Waals surface area contributed by atoms with Gasteiger partial charge in [-0.3, -0.25) is 14.5 Å². The molecule has 2 aliphatic heterocycles. The Kier molecular flexibility index (Phi) is 4.86. The normalized spacial score (nSPS) is 23.3. The monoisotopic (exact) mass is 350 g/mol. The van der Waals surface area contributed by atoms with E-state index in [2.05, 4.69) is 9.71 Å². The van der Waals surface area contributed by atoms with Crippen LogP contribution in [0.5, 0.6) is 0 Å². The van der Waals surface area contributed by atoms with Crippen molar-refractivity contribution in [2.24, 2.45) is 16.6 Å². The smallest absolute Gasteiger partial charge is 0.263 e. The molecule has 3 N–H and O–H groups in total. The van der Waals surface area contributed by atoms with Crippen molar-refractivity contribution in [3.05, 3.63) is 29.8 Å². The molecule has 1 aromatic rings. The second kappa shape index (κ2) is 6.90. The van der Waals surface area contributed by atoms with Crippen molar-refractivity contribution in [2.45, 2.75) is 24.2 Å². The van der Waals surface area contributed by atoms with E-state index in [1.54, 1.807) is 24.3 Å². The van der Waals surface area contributed by atoms with Crippen LogP contribution < -0.4 is 10.5 Å². The molecule has 1 amide bonds. The fraction of sp³-hybridized carbons (Fsp3) is 0.500. The van der Waals surface area contributed by atoms with Crippen LogP contribution in [0.2, 0.25) is 0 Å². The first-order valence-electron chi connectivity index (χ1n) is 8.16. The highest BCUT2D eigenvalue weighted by molar-refractivity contribution is 7.90. The summed E-state index contributed by atoms with van der Waals surface area (Å²) in [6.07, 6.45) is 1.99. The number of amidine groups is 1. The van der Waals surface area contributed by atoms with Gasteiger partial charge in [0.1, 0.15) is 5.84 Å². The number of hydrogen-bond donors (Lipinski definition) is 2. The van der Waals surface area contributed by atoms with Gasteiger partial charge in [0, 0.05) is 31.6 Å². The van der Waals surface area contributed by atoms with Crippen molar-refractivity contribution < 1.29 is 13.2 Å². The molecule has 2 heterocycles. The standard InChI is InChI=1S/C16H22N4O3S/c17-10-12-7-9-20(11-12)15(21)6-3-8-18-16-13-4-1-2-5-14(13)24(22,23)19-16/h1-2,4-5,12H,3,6-11,17H2,(H,18,19). The summed E-state index contributed by atoms with van der Waals surface area (Å²) < 4.78 is 26.4. The molecule has 0 saturated carbocycles. The number of carbonyl (C=O) groups excluding carboxylic acids is 1. The fourth-order valence-electron chi connectivity index (χ4n) is 3.08. The quantitative estimate of drug-likeness (QED) is 0.746. The van der Waals surface area contributed by atoms with Crippen molar-refractivity contribution in [1.29, 1.82) is 0 Å². The first-order valence-corrected chi connectivity index (χ1v) is 9.64. The van der Waals surface area contributed by atoms with E-state index in [4.69, 9.17) is 5.73 Å². The van der Waals surface area contributed by atoms with E-state index in [-0.39, 0.29) is 10.8 Å². The van der Waals surface area contributed by atoms with Gasteiger partial charge in [-0.1, -0.05) is 12.1 Å². The number of fused-ring (bicyclic) bond motifs is 1. The zero-order chi connectivity index (χ0) is 17.2. The molecule has 0 radical (unpaired) electrons. The van der Waals surface area contributed by atoms with Crippen LogP contribution in [-0.2, 0) is 14.8 Å². The number of likely N-dealkylation sites (tertiary alicyclic amines) is 1. The van der Waals surface area contributed by atoms with Gasteiger partial charge in [0.25, 0.3) is 10.0 Å². The topological polar surface area (TPSA) is 105 Å². The maximum absolute atomic E-state index is 12.1. The molecule has 1 aromatic carbocycles. The second-order valence-corrected chi connectivity index (χ2v) is 7.82. The summed E-state index contributed by atoms with van der Waals surface area (Å²) in [6.45, 7) is 2.56. The Bertz CT molecular complexity index is 760. The van der Waals surface area contributed by atoms with Crippen molar-refractivity contribution in [1.82, 2.24) is 9.62 Å². The SMILES string of the molecule is NCC1CCN(C(=O)CCCN=C2NS(=O)(=O)c3ccccc32)C1. The van der Waals surface area contributed by atoms with Crippen molar-refractivity contribution in [2.75, 3.05) is 26.2 Å². The Hall–Kier alpha value is -1.93. The number of aliphatic imine (C=N–C) groups is 1. The summed E-state index contributed by atoms with van der Waals surface area (Å²) in [7, 11) is -3.50. The molecule has 1 unspecified atom stereocenters. The second-order valence-electron chi connectivity index (χ2n) is 6.17. The van der Waals surface area contributed by atoms with E-state index < -0.39 is 10.0 Å². The van der Waals surface area contributed by atoms with Crippen LogP contribution in [0.1, 0.15) is 24.8 Å². The molecular formula is C16H22N4O3S.